The number of nitrogens with one attached hydrogen (secondary N) is 5. The van der Waals surface area contributed by atoms with Gasteiger partial charge in [0.15, 0.2) is 0 Å². The average Bonchev–Trinajstić information content (AvgIpc) is 1.58. The number of hydrogen-bond acceptors (Lipinski definition) is 16. The van der Waals surface area contributed by atoms with Gasteiger partial charge in [-0.1, -0.05) is 121 Å². The van der Waals surface area contributed by atoms with Crippen molar-refractivity contribution >= 4 is 151 Å². The van der Waals surface area contributed by atoms with E-state index in [1.807, 2.05) is 117 Å². The lowest BCUT2D eigenvalue weighted by Crippen LogP contribution is -2.41. The van der Waals surface area contributed by atoms with Crippen LogP contribution >= 0.6 is 13.5 Å². The number of amides is 6. The lowest BCUT2D eigenvalue weighted by atomic mass is 9.87. The monoisotopic (exact) mass is 1880 g/mol. The third-order valence-corrected chi connectivity index (χ3v) is 30.1. The normalized spacial score (nSPS) is 17.9. The molecule has 5 fully saturated rings. The fourth-order valence-corrected chi connectivity index (χ4v) is 20.6. The number of hydrogen-bond donors (Lipinski definition) is 5. The van der Waals surface area contributed by atoms with Gasteiger partial charge in [0.05, 0.1) is 76.8 Å². The number of aromatic amines is 2. The molecule has 696 valence electrons. The number of carbonyl (C=O) groups is 6. The van der Waals surface area contributed by atoms with Crippen LogP contribution in [0.3, 0.4) is 0 Å². The molecule has 0 spiro atoms. The summed E-state index contributed by atoms with van der Waals surface area (Å²) < 4.78 is 134. The SMILES string of the molecule is C.CNC(=O)c1c(-c2ccc(C)cc2)oc2cc(N(C)S(C)(=O)=O)c([C@@H]3CCCN(C(=O)C4C5COCC54)C3)cc12.CNC(=O)c1c(-c2ccc(C)cc2)oc2cc(N(C)S(C)(=O)=O)c([C@@H]3CCCN(C(=O)c4[nH]c5c(F)cccc5c4C)C3)cc12.CNC(=O)c1c(-c2ccc(C)cc2)oc2cc(N(C)S(C)(=O)=O)c([C@H]3CCCN(C(=O)c4[nH]c5c(F)cccc5c4C)C3)cc12.S. The number of likely N-dealkylation sites (tertiary alicyclic amines) is 3. The minimum Gasteiger partial charge on any atom is -0.455 e. The van der Waals surface area contributed by atoms with Crippen LogP contribution in [0.1, 0.15) is 160 Å². The zero-order valence-corrected chi connectivity index (χ0v) is 78.9. The van der Waals surface area contributed by atoms with Crippen molar-refractivity contribution in [3.63, 3.8) is 0 Å². The van der Waals surface area contributed by atoms with E-state index in [2.05, 4.69) is 25.9 Å². The summed E-state index contributed by atoms with van der Waals surface area (Å²) in [7, 11) is -1.76. The zero-order chi connectivity index (χ0) is 92.8. The van der Waals surface area contributed by atoms with Crippen molar-refractivity contribution < 1.29 is 80.8 Å². The molecule has 4 saturated heterocycles. The fourth-order valence-electron chi connectivity index (χ4n) is 19.0. The Kier molecular flexibility index (Phi) is 27.4. The van der Waals surface area contributed by atoms with Gasteiger partial charge in [0, 0.05) is 167 Å². The second kappa shape index (κ2) is 37.8. The summed E-state index contributed by atoms with van der Waals surface area (Å²) in [6.07, 6.45) is 7.78. The highest BCUT2D eigenvalue weighted by Gasteiger charge is 2.59. The van der Waals surface area contributed by atoms with Crippen LogP contribution in [0.5, 0.6) is 0 Å². The van der Waals surface area contributed by atoms with E-state index in [-0.39, 0.29) is 80.0 Å². The zero-order valence-electron chi connectivity index (χ0n) is 75.4. The number of fused-ring (bicyclic) bond motifs is 6. The van der Waals surface area contributed by atoms with Gasteiger partial charge in [-0.15, -0.1) is 0 Å². The number of ether oxygens (including phenoxy) is 1. The molecule has 8 aromatic carbocycles. The molecule has 5 atom stereocenters. The quantitative estimate of drug-likeness (QED) is 0.0533. The molecule has 132 heavy (non-hydrogen) atoms. The van der Waals surface area contributed by atoms with Crippen molar-refractivity contribution in [1.29, 1.82) is 0 Å². The predicted octanol–water partition coefficient (Wildman–Crippen LogP) is 16.7. The molecular formula is C99H111F2N11O16S4. The number of nitrogens with zero attached hydrogens (tertiary/aromatic N) is 6. The van der Waals surface area contributed by atoms with Crippen molar-refractivity contribution in [2.24, 2.45) is 17.8 Å². The fraction of sp³-hybridized carbons (Fsp3) is 0.354. The molecule has 4 aliphatic heterocycles. The number of piperidine rings is 3. The van der Waals surface area contributed by atoms with Gasteiger partial charge >= 0.3 is 0 Å². The number of halogens is 2. The first-order valence-electron chi connectivity index (χ1n) is 43.3. The molecule has 5 aliphatic rings. The number of carbonyl (C=O) groups excluding carboxylic acids is 6. The Bertz CT molecular complexity index is 6780. The minimum absolute atomic E-state index is 0. The van der Waals surface area contributed by atoms with E-state index < -0.39 is 41.7 Å². The number of rotatable bonds is 18. The molecule has 5 aromatic heterocycles. The Morgan fingerprint density at radius 2 is 0.720 bits per heavy atom. The number of sulfonamides is 3. The summed E-state index contributed by atoms with van der Waals surface area (Å²) >= 11 is 0. The number of para-hydroxylation sites is 2. The number of H-pyrrole nitrogens is 2. The summed E-state index contributed by atoms with van der Waals surface area (Å²) in [6.45, 7) is 13.7. The van der Waals surface area contributed by atoms with Crippen LogP contribution in [-0.4, -0.2) is 199 Å². The van der Waals surface area contributed by atoms with Gasteiger partial charge in [-0.25, -0.2) is 34.0 Å². The molecule has 13 aromatic rings. The molecule has 1 saturated carbocycles. The van der Waals surface area contributed by atoms with Crippen LogP contribution in [0, 0.1) is 64.0 Å². The van der Waals surface area contributed by atoms with E-state index in [0.717, 1.165) is 64.3 Å². The van der Waals surface area contributed by atoms with Crippen molar-refractivity contribution in [2.75, 3.05) is 126 Å². The number of aromatic nitrogens is 2. The highest BCUT2D eigenvalue weighted by Crippen LogP contribution is 2.53. The molecule has 27 nitrogen and oxygen atoms in total. The number of furan rings is 3. The highest BCUT2D eigenvalue weighted by atomic mass is 32.2. The second-order valence-electron chi connectivity index (χ2n) is 34.9. The van der Waals surface area contributed by atoms with E-state index in [1.54, 1.807) is 87.3 Å². The Morgan fingerprint density at radius 3 is 1.01 bits per heavy atom. The maximum absolute atomic E-state index is 14.5. The topological polar surface area (TPSA) is 341 Å². The molecule has 2 unspecified atom stereocenters. The largest absolute Gasteiger partial charge is 0.455 e. The van der Waals surface area contributed by atoms with Crippen LogP contribution < -0.4 is 28.9 Å². The van der Waals surface area contributed by atoms with Gasteiger partial charge in [-0.05, 0) is 143 Å². The van der Waals surface area contributed by atoms with Crippen LogP contribution in [0.4, 0.5) is 25.8 Å². The van der Waals surface area contributed by atoms with Crippen molar-refractivity contribution in [1.82, 2.24) is 40.6 Å². The number of aryl methyl sites for hydroxylation is 5. The van der Waals surface area contributed by atoms with Crippen LogP contribution in [-0.2, 0) is 39.6 Å². The van der Waals surface area contributed by atoms with Gasteiger partial charge < -0.3 is 58.6 Å². The second-order valence-corrected chi connectivity index (χ2v) is 41.0. The molecule has 0 bridgehead atoms. The Labute approximate surface area is 773 Å². The Hall–Kier alpha value is -12.3. The smallest absolute Gasteiger partial charge is 0.270 e. The number of anilines is 3. The van der Waals surface area contributed by atoms with Gasteiger partial charge in [0.2, 0.25) is 36.0 Å². The first-order chi connectivity index (χ1) is 61.8. The molecule has 6 amide bonds. The Balaban J connectivity index is 0.000000158. The first kappa shape index (κ1) is 95.8. The molecule has 33 heteroatoms. The third kappa shape index (κ3) is 18.3. The van der Waals surface area contributed by atoms with Gasteiger partial charge in [0.25, 0.3) is 29.5 Å². The maximum Gasteiger partial charge on any atom is 0.270 e. The molecular weight excluding hydrogens is 1770 g/mol. The van der Waals surface area contributed by atoms with Crippen molar-refractivity contribution in [2.45, 2.75) is 98.3 Å². The Morgan fingerprint density at radius 1 is 0.424 bits per heavy atom. The van der Waals surface area contributed by atoms with Gasteiger partial charge in [-0.3, -0.25) is 41.7 Å². The van der Waals surface area contributed by atoms with E-state index in [0.29, 0.717) is 229 Å². The first-order valence-corrected chi connectivity index (χ1v) is 48.9. The van der Waals surface area contributed by atoms with Crippen LogP contribution in [0.15, 0.2) is 159 Å². The minimum atomic E-state index is -3.67. The number of benzene rings is 8. The lowest BCUT2D eigenvalue weighted by molar-refractivity contribution is -0.135. The molecule has 18 rings (SSSR count). The molecule has 9 heterocycles. The summed E-state index contributed by atoms with van der Waals surface area (Å²) in [4.78, 5) is 92.2. The summed E-state index contributed by atoms with van der Waals surface area (Å²) in [5, 5.41) is 11.2. The van der Waals surface area contributed by atoms with E-state index in [1.165, 1.54) is 52.4 Å². The van der Waals surface area contributed by atoms with E-state index in [9.17, 15) is 62.8 Å². The molecule has 1 aliphatic carbocycles. The van der Waals surface area contributed by atoms with Gasteiger partial charge in [0.1, 0.15) is 57.1 Å². The standard InChI is InChI=1S/2C34H35FN4O5S.C30H35N3O6S.CH4.H2S/c2*1-19-11-13-21(14-12-19)32-29(33(40)36-3)25-16-24(27(17-28(25)44-32)38(4)45(5,42)43)22-8-7-15-39(18-22)34(41)30-20(2)23-9-6-10-26(35)31(23)37-30;1-17-7-9-18(10-8-17)28-27(29(34)31-2)21-12-20(24(13-25(21)39-28)32(3)40(4,36)37)19-6-5-11-33(14-19)30(35)26-22-15-38-16-23(22)26;;/h2*6,9-14,16-17,22,37H,7-8,15,18H2,1-5H3,(H,36,40);7-10,12-13,19,22-23,26H,5-6,11,14-16H2,1-4H3,(H,31,34);1H4;1H2/t2*22-;19-,22?,23?,26?;;/m101../s1. The summed E-state index contributed by atoms with van der Waals surface area (Å²) in [5.41, 5.74) is 13.8. The summed E-state index contributed by atoms with van der Waals surface area (Å²) in [5.74, 6) is -0.796. The molecule has 0 radical (unpaired) electrons. The third-order valence-electron chi connectivity index (χ3n) is 26.5. The van der Waals surface area contributed by atoms with Crippen LogP contribution in [0.25, 0.3) is 88.7 Å². The highest BCUT2D eigenvalue weighted by molar-refractivity contribution is 7.92. The van der Waals surface area contributed by atoms with Crippen molar-refractivity contribution in [3.8, 4) is 34.0 Å². The molecule has 5 N–H and O–H groups in total. The summed E-state index contributed by atoms with van der Waals surface area (Å²) in [6, 6.07) is 43.1. The van der Waals surface area contributed by atoms with E-state index in [4.69, 9.17) is 18.0 Å². The van der Waals surface area contributed by atoms with Crippen LogP contribution in [0.2, 0.25) is 0 Å². The van der Waals surface area contributed by atoms with E-state index >= 15 is 0 Å². The average molecular weight is 1880 g/mol. The maximum atomic E-state index is 14.5. The van der Waals surface area contributed by atoms with Gasteiger partial charge in [-0.2, -0.15) is 13.5 Å². The van der Waals surface area contributed by atoms with Crippen molar-refractivity contribution in [3.05, 3.63) is 230 Å². The predicted molar refractivity (Wildman–Crippen MR) is 518 cm³/mol. The lowest BCUT2D eigenvalue weighted by Gasteiger charge is -2.35.